The van der Waals surface area contributed by atoms with Crippen LogP contribution in [0.4, 0.5) is 18.9 Å². The summed E-state index contributed by atoms with van der Waals surface area (Å²) in [4.78, 5) is 12.0. The van der Waals surface area contributed by atoms with Crippen molar-refractivity contribution in [3.63, 3.8) is 0 Å². The zero-order valence-electron chi connectivity index (χ0n) is 12.5. The quantitative estimate of drug-likeness (QED) is 0.738. The lowest BCUT2D eigenvalue weighted by Crippen LogP contribution is -2.12. The molecule has 0 aliphatic heterocycles. The number of amides is 1. The van der Waals surface area contributed by atoms with Crippen LogP contribution in [0, 0.1) is 0 Å². The second-order valence-corrected chi connectivity index (χ2v) is 5.61. The Bertz CT molecular complexity index is 902. The van der Waals surface area contributed by atoms with Gasteiger partial charge in [-0.25, -0.2) is 0 Å². The number of nitrogens with zero attached hydrogens (tertiary/aromatic N) is 3. The number of hydrogen-bond acceptors (Lipinski definition) is 3. The summed E-state index contributed by atoms with van der Waals surface area (Å²) >= 11 is 5.91. The number of hydrogen-bond donors (Lipinski definition) is 2. The van der Waals surface area contributed by atoms with E-state index in [2.05, 4.69) is 15.5 Å². The molecule has 0 atom stereocenters. The van der Waals surface area contributed by atoms with Gasteiger partial charge in [0.05, 0.1) is 18.4 Å². The van der Waals surface area contributed by atoms with E-state index in [-0.39, 0.29) is 5.69 Å². The van der Waals surface area contributed by atoms with Crippen molar-refractivity contribution in [2.45, 2.75) is 12.7 Å². The smallest absolute Gasteiger partial charge is 0.318 e. The molecule has 0 aliphatic rings. The number of halogens is 4. The van der Waals surface area contributed by atoms with Gasteiger partial charge in [-0.2, -0.15) is 23.4 Å². The van der Waals surface area contributed by atoms with Crippen LogP contribution < -0.4 is 5.32 Å². The average molecular weight is 370 g/mol. The maximum absolute atomic E-state index is 12.5. The van der Waals surface area contributed by atoms with E-state index in [9.17, 15) is 18.0 Å². The molecule has 1 aromatic carbocycles. The number of aromatic amines is 1. The van der Waals surface area contributed by atoms with Gasteiger partial charge in [0.2, 0.25) is 0 Å². The van der Waals surface area contributed by atoms with Crippen LogP contribution >= 0.6 is 11.6 Å². The third-order valence-corrected chi connectivity index (χ3v) is 3.48. The number of H-pyrrole nitrogens is 1. The number of alkyl halides is 3. The minimum Gasteiger partial charge on any atom is -0.318 e. The molecule has 3 aromatic rings. The van der Waals surface area contributed by atoms with E-state index in [1.165, 1.54) is 6.20 Å². The Morgan fingerprint density at radius 2 is 2.12 bits per heavy atom. The van der Waals surface area contributed by atoms with Crippen LogP contribution in [0.5, 0.6) is 0 Å². The summed E-state index contributed by atoms with van der Waals surface area (Å²) in [6.07, 6.45) is -1.65. The predicted octanol–water partition coefficient (Wildman–Crippen LogP) is 3.58. The predicted molar refractivity (Wildman–Crippen MR) is 84.3 cm³/mol. The van der Waals surface area contributed by atoms with Crippen LogP contribution in [0.1, 0.15) is 21.7 Å². The largest absolute Gasteiger partial charge is 0.432 e. The minimum absolute atomic E-state index is 0.337. The fourth-order valence-corrected chi connectivity index (χ4v) is 2.33. The first-order valence-electron chi connectivity index (χ1n) is 7.02. The van der Waals surface area contributed by atoms with Gasteiger partial charge in [-0.3, -0.25) is 14.6 Å². The Hall–Kier alpha value is -2.81. The second-order valence-electron chi connectivity index (χ2n) is 5.18. The van der Waals surface area contributed by atoms with E-state index < -0.39 is 17.8 Å². The third kappa shape index (κ3) is 4.18. The Balaban J connectivity index is 1.66. The molecule has 0 saturated heterocycles. The van der Waals surface area contributed by atoms with Crippen molar-refractivity contribution >= 4 is 23.2 Å². The Kier molecular flexibility index (Phi) is 4.49. The van der Waals surface area contributed by atoms with Crippen molar-refractivity contribution in [3.8, 4) is 0 Å². The molecule has 0 saturated carbocycles. The highest BCUT2D eigenvalue weighted by Crippen LogP contribution is 2.27. The third-order valence-electron chi connectivity index (χ3n) is 3.24. The summed E-state index contributed by atoms with van der Waals surface area (Å²) in [6, 6.07) is 7.85. The van der Waals surface area contributed by atoms with E-state index in [1.807, 2.05) is 6.07 Å². The first-order chi connectivity index (χ1) is 11.8. The molecule has 2 heterocycles. The maximum atomic E-state index is 12.5. The molecule has 3 rings (SSSR count). The molecule has 0 fully saturated rings. The first kappa shape index (κ1) is 17.0. The zero-order chi connectivity index (χ0) is 18.0. The number of benzene rings is 1. The van der Waals surface area contributed by atoms with Crippen molar-refractivity contribution in [2.75, 3.05) is 5.32 Å². The standard InChI is InChI=1S/C15H11ClF3N5O/c16-10-3-1-2-9(4-10)7-24-8-11(6-20-24)21-14(25)12-5-13(23-22-12)15(17,18)19/h1-6,8H,7H2,(H,21,25)(H,22,23). The van der Waals surface area contributed by atoms with Gasteiger partial charge in [0.1, 0.15) is 5.69 Å². The maximum Gasteiger partial charge on any atom is 0.432 e. The SMILES string of the molecule is O=C(Nc1cnn(Cc2cccc(Cl)c2)c1)c1cc(C(F)(F)F)[nH]n1. The fourth-order valence-electron chi connectivity index (χ4n) is 2.12. The topological polar surface area (TPSA) is 75.6 Å². The lowest BCUT2D eigenvalue weighted by atomic mass is 10.2. The number of aromatic nitrogens is 4. The molecule has 10 heteroatoms. The molecule has 0 unspecified atom stereocenters. The lowest BCUT2D eigenvalue weighted by Gasteiger charge is -2.02. The highest BCUT2D eigenvalue weighted by atomic mass is 35.5. The highest BCUT2D eigenvalue weighted by Gasteiger charge is 2.33. The van der Waals surface area contributed by atoms with Crippen LogP contribution in [0.25, 0.3) is 0 Å². The van der Waals surface area contributed by atoms with Gasteiger partial charge in [0, 0.05) is 17.3 Å². The molecular formula is C15H11ClF3N5O. The number of nitrogens with one attached hydrogen (secondary N) is 2. The van der Waals surface area contributed by atoms with Gasteiger partial charge in [-0.15, -0.1) is 0 Å². The zero-order valence-corrected chi connectivity index (χ0v) is 13.3. The summed E-state index contributed by atoms with van der Waals surface area (Å²) < 4.78 is 39.1. The molecule has 2 N–H and O–H groups in total. The highest BCUT2D eigenvalue weighted by molar-refractivity contribution is 6.30. The number of carbonyl (C=O) groups is 1. The average Bonchev–Trinajstić information content (AvgIpc) is 3.16. The molecule has 6 nitrogen and oxygen atoms in total. The van der Waals surface area contributed by atoms with Crippen LogP contribution in [0.15, 0.2) is 42.7 Å². The molecule has 0 radical (unpaired) electrons. The molecule has 130 valence electrons. The Morgan fingerprint density at radius 1 is 1.32 bits per heavy atom. The Labute approximate surface area is 144 Å². The molecule has 2 aromatic heterocycles. The van der Waals surface area contributed by atoms with E-state index in [0.717, 1.165) is 5.56 Å². The van der Waals surface area contributed by atoms with Gasteiger partial charge in [-0.1, -0.05) is 23.7 Å². The molecule has 1 amide bonds. The van der Waals surface area contributed by atoms with Crippen LogP contribution in [-0.4, -0.2) is 25.9 Å². The molecular weight excluding hydrogens is 359 g/mol. The molecule has 0 spiro atoms. The van der Waals surface area contributed by atoms with Crippen LogP contribution in [0.2, 0.25) is 5.02 Å². The van der Waals surface area contributed by atoms with Crippen LogP contribution in [0.3, 0.4) is 0 Å². The normalized spacial score (nSPS) is 11.5. The summed E-state index contributed by atoms with van der Waals surface area (Å²) in [7, 11) is 0. The van der Waals surface area contributed by atoms with Gasteiger partial charge in [0.25, 0.3) is 5.91 Å². The van der Waals surface area contributed by atoms with Gasteiger partial charge in [0.15, 0.2) is 5.69 Å². The van der Waals surface area contributed by atoms with Crippen molar-refractivity contribution in [1.82, 2.24) is 20.0 Å². The summed E-state index contributed by atoms with van der Waals surface area (Å²) in [5, 5.41) is 12.3. The van der Waals surface area contributed by atoms with Crippen molar-refractivity contribution < 1.29 is 18.0 Å². The Morgan fingerprint density at radius 3 is 2.80 bits per heavy atom. The number of anilines is 1. The lowest BCUT2D eigenvalue weighted by molar-refractivity contribution is -0.141. The second kappa shape index (κ2) is 6.60. The van der Waals surface area contributed by atoms with Crippen LogP contribution in [-0.2, 0) is 12.7 Å². The molecule has 0 aliphatic carbocycles. The van der Waals surface area contributed by atoms with Crippen molar-refractivity contribution in [1.29, 1.82) is 0 Å². The van der Waals surface area contributed by atoms with Gasteiger partial charge >= 0.3 is 6.18 Å². The van der Waals surface area contributed by atoms with Gasteiger partial charge in [-0.05, 0) is 17.7 Å². The summed E-state index contributed by atoms with van der Waals surface area (Å²) in [5.41, 5.74) is -0.205. The number of carbonyl (C=O) groups excluding carboxylic acids is 1. The van der Waals surface area contributed by atoms with Gasteiger partial charge < -0.3 is 5.32 Å². The fraction of sp³-hybridized carbons (Fsp3) is 0.133. The monoisotopic (exact) mass is 369 g/mol. The molecule has 0 bridgehead atoms. The van der Waals surface area contributed by atoms with E-state index in [4.69, 9.17) is 11.6 Å². The van der Waals surface area contributed by atoms with E-state index >= 15 is 0 Å². The van der Waals surface area contributed by atoms with Crippen molar-refractivity contribution in [3.05, 3.63) is 64.7 Å². The summed E-state index contributed by atoms with van der Waals surface area (Å²) in [6.45, 7) is 0.428. The summed E-state index contributed by atoms with van der Waals surface area (Å²) in [5.74, 6) is -0.769. The van der Waals surface area contributed by atoms with E-state index in [1.54, 1.807) is 34.2 Å². The number of rotatable bonds is 4. The molecule has 25 heavy (non-hydrogen) atoms. The van der Waals surface area contributed by atoms with E-state index in [0.29, 0.717) is 23.3 Å². The first-order valence-corrected chi connectivity index (χ1v) is 7.40. The van der Waals surface area contributed by atoms with Crippen molar-refractivity contribution in [2.24, 2.45) is 0 Å². The minimum atomic E-state index is -4.59.